The van der Waals surface area contributed by atoms with Crippen molar-refractivity contribution in [1.29, 1.82) is 0 Å². The molecule has 0 saturated carbocycles. The first kappa shape index (κ1) is 19.9. The number of nitrogens with zero attached hydrogens (tertiary/aromatic N) is 2. The molecule has 2 amide bonds. The van der Waals surface area contributed by atoms with E-state index in [9.17, 15) is 9.59 Å². The SMILES string of the molecule is CN(C)CCOc1ccc(CNC(=O)c2cccc(N3CCCC3=O)c2)cc1. The van der Waals surface area contributed by atoms with Crippen LogP contribution in [0.25, 0.3) is 0 Å². The Bertz CT molecular complexity index is 818. The molecule has 148 valence electrons. The van der Waals surface area contributed by atoms with Gasteiger partial charge in [-0.25, -0.2) is 0 Å². The Labute approximate surface area is 166 Å². The maximum absolute atomic E-state index is 12.5. The summed E-state index contributed by atoms with van der Waals surface area (Å²) < 4.78 is 5.68. The average molecular weight is 381 g/mol. The monoisotopic (exact) mass is 381 g/mol. The summed E-state index contributed by atoms with van der Waals surface area (Å²) in [5.41, 5.74) is 2.34. The van der Waals surface area contributed by atoms with E-state index in [0.29, 0.717) is 31.7 Å². The van der Waals surface area contributed by atoms with E-state index in [1.807, 2.05) is 50.5 Å². The fourth-order valence-corrected chi connectivity index (χ4v) is 3.07. The van der Waals surface area contributed by atoms with E-state index < -0.39 is 0 Å². The largest absolute Gasteiger partial charge is 0.492 e. The summed E-state index contributed by atoms with van der Waals surface area (Å²) >= 11 is 0. The number of anilines is 1. The van der Waals surface area contributed by atoms with Crippen LogP contribution >= 0.6 is 0 Å². The summed E-state index contributed by atoms with van der Waals surface area (Å²) in [7, 11) is 4.02. The van der Waals surface area contributed by atoms with Crippen LogP contribution in [0.3, 0.4) is 0 Å². The number of hydrogen-bond acceptors (Lipinski definition) is 4. The fraction of sp³-hybridized carbons (Fsp3) is 0.364. The number of hydrogen-bond donors (Lipinski definition) is 1. The first-order chi connectivity index (χ1) is 13.5. The minimum absolute atomic E-state index is 0.116. The third-order valence-electron chi connectivity index (χ3n) is 4.68. The molecule has 0 bridgehead atoms. The van der Waals surface area contributed by atoms with E-state index >= 15 is 0 Å². The van der Waals surface area contributed by atoms with E-state index in [1.165, 1.54) is 0 Å². The van der Waals surface area contributed by atoms with Gasteiger partial charge in [0.05, 0.1) is 0 Å². The van der Waals surface area contributed by atoms with E-state index in [-0.39, 0.29) is 11.8 Å². The van der Waals surface area contributed by atoms with Gasteiger partial charge in [-0.3, -0.25) is 9.59 Å². The molecule has 2 aromatic carbocycles. The van der Waals surface area contributed by atoms with Crippen LogP contribution in [-0.2, 0) is 11.3 Å². The molecule has 0 spiro atoms. The summed E-state index contributed by atoms with van der Waals surface area (Å²) in [4.78, 5) is 28.2. The molecule has 1 aliphatic rings. The molecule has 3 rings (SSSR count). The maximum Gasteiger partial charge on any atom is 0.251 e. The molecular formula is C22H27N3O3. The molecule has 1 fully saturated rings. The zero-order valence-electron chi connectivity index (χ0n) is 16.5. The molecule has 1 heterocycles. The molecule has 0 atom stereocenters. The van der Waals surface area contributed by atoms with Crippen LogP contribution in [0, 0.1) is 0 Å². The Morgan fingerprint density at radius 2 is 1.96 bits per heavy atom. The molecule has 28 heavy (non-hydrogen) atoms. The molecule has 0 radical (unpaired) electrons. The highest BCUT2D eigenvalue weighted by Crippen LogP contribution is 2.22. The molecule has 1 saturated heterocycles. The Balaban J connectivity index is 1.53. The van der Waals surface area contributed by atoms with Gasteiger partial charge in [-0.05, 0) is 56.4 Å². The van der Waals surface area contributed by atoms with Gasteiger partial charge in [0, 0.05) is 37.3 Å². The van der Waals surface area contributed by atoms with Gasteiger partial charge in [-0.2, -0.15) is 0 Å². The Morgan fingerprint density at radius 3 is 2.64 bits per heavy atom. The average Bonchev–Trinajstić information content (AvgIpc) is 3.13. The molecule has 1 aliphatic heterocycles. The second-order valence-electron chi connectivity index (χ2n) is 7.18. The molecule has 0 unspecified atom stereocenters. The summed E-state index contributed by atoms with van der Waals surface area (Å²) in [6.07, 6.45) is 1.44. The normalized spacial score (nSPS) is 13.8. The zero-order chi connectivity index (χ0) is 19.9. The van der Waals surface area contributed by atoms with Gasteiger partial charge in [0.1, 0.15) is 12.4 Å². The second kappa shape index (κ2) is 9.37. The topological polar surface area (TPSA) is 61.9 Å². The predicted molar refractivity (Wildman–Crippen MR) is 110 cm³/mol. The van der Waals surface area contributed by atoms with Gasteiger partial charge in [0.15, 0.2) is 0 Å². The summed E-state index contributed by atoms with van der Waals surface area (Å²) in [6.45, 7) is 2.65. The number of nitrogens with one attached hydrogen (secondary N) is 1. The Kier molecular flexibility index (Phi) is 6.66. The van der Waals surface area contributed by atoms with Gasteiger partial charge < -0.3 is 19.9 Å². The van der Waals surface area contributed by atoms with Crippen molar-refractivity contribution in [3.05, 3.63) is 59.7 Å². The highest BCUT2D eigenvalue weighted by Gasteiger charge is 2.22. The quantitative estimate of drug-likeness (QED) is 0.764. The lowest BCUT2D eigenvalue weighted by molar-refractivity contribution is -0.117. The van der Waals surface area contributed by atoms with Gasteiger partial charge in [0.2, 0.25) is 5.91 Å². The van der Waals surface area contributed by atoms with E-state index in [0.717, 1.165) is 30.0 Å². The lowest BCUT2D eigenvalue weighted by atomic mass is 10.1. The van der Waals surface area contributed by atoms with Crippen molar-refractivity contribution in [2.45, 2.75) is 19.4 Å². The predicted octanol–water partition coefficient (Wildman–Crippen LogP) is 2.68. The summed E-state index contributed by atoms with van der Waals surface area (Å²) in [5.74, 6) is 0.783. The fourth-order valence-electron chi connectivity index (χ4n) is 3.07. The van der Waals surface area contributed by atoms with Crippen molar-refractivity contribution in [3.8, 4) is 5.75 Å². The highest BCUT2D eigenvalue weighted by molar-refractivity contribution is 5.99. The second-order valence-corrected chi connectivity index (χ2v) is 7.18. The van der Waals surface area contributed by atoms with E-state index in [4.69, 9.17) is 4.74 Å². The third-order valence-corrected chi connectivity index (χ3v) is 4.68. The number of benzene rings is 2. The number of likely N-dealkylation sites (N-methyl/N-ethyl adjacent to an activating group) is 1. The van der Waals surface area contributed by atoms with Crippen LogP contribution in [0.4, 0.5) is 5.69 Å². The van der Waals surface area contributed by atoms with E-state index in [2.05, 4.69) is 10.2 Å². The molecule has 6 nitrogen and oxygen atoms in total. The van der Waals surface area contributed by atoms with Crippen LogP contribution in [0.1, 0.15) is 28.8 Å². The number of carbonyl (C=O) groups excluding carboxylic acids is 2. The number of carbonyl (C=O) groups is 2. The van der Waals surface area contributed by atoms with Gasteiger partial charge >= 0.3 is 0 Å². The molecular weight excluding hydrogens is 354 g/mol. The summed E-state index contributed by atoms with van der Waals surface area (Å²) in [5, 5.41) is 2.93. The van der Waals surface area contributed by atoms with Crippen molar-refractivity contribution in [2.75, 3.05) is 38.7 Å². The van der Waals surface area contributed by atoms with Crippen molar-refractivity contribution < 1.29 is 14.3 Å². The van der Waals surface area contributed by atoms with Crippen LogP contribution in [0.5, 0.6) is 5.75 Å². The number of rotatable bonds is 8. The molecule has 0 aliphatic carbocycles. The zero-order valence-corrected chi connectivity index (χ0v) is 16.5. The van der Waals surface area contributed by atoms with Crippen LogP contribution in [0.2, 0.25) is 0 Å². The Hall–Kier alpha value is -2.86. The standard InChI is InChI=1S/C22H27N3O3/c1-24(2)13-14-28-20-10-8-17(9-11-20)16-23-22(27)18-5-3-6-19(15-18)25-12-4-7-21(25)26/h3,5-6,8-11,15H,4,7,12-14,16H2,1-2H3,(H,23,27). The van der Waals surface area contributed by atoms with Gasteiger partial charge in [-0.1, -0.05) is 18.2 Å². The lowest BCUT2D eigenvalue weighted by Crippen LogP contribution is -2.25. The van der Waals surface area contributed by atoms with Crippen LogP contribution in [0.15, 0.2) is 48.5 Å². The molecule has 2 aromatic rings. The van der Waals surface area contributed by atoms with Crippen LogP contribution in [-0.4, -0.2) is 50.5 Å². The first-order valence-electron chi connectivity index (χ1n) is 9.58. The minimum Gasteiger partial charge on any atom is -0.492 e. The Morgan fingerprint density at radius 1 is 1.18 bits per heavy atom. The molecule has 6 heteroatoms. The van der Waals surface area contributed by atoms with Crippen molar-refractivity contribution >= 4 is 17.5 Å². The van der Waals surface area contributed by atoms with Gasteiger partial charge in [0.25, 0.3) is 5.91 Å². The van der Waals surface area contributed by atoms with E-state index in [1.54, 1.807) is 17.0 Å². The number of ether oxygens (including phenoxy) is 1. The van der Waals surface area contributed by atoms with Crippen LogP contribution < -0.4 is 15.0 Å². The van der Waals surface area contributed by atoms with Crippen molar-refractivity contribution in [2.24, 2.45) is 0 Å². The van der Waals surface area contributed by atoms with Crippen molar-refractivity contribution in [1.82, 2.24) is 10.2 Å². The lowest BCUT2D eigenvalue weighted by Gasteiger charge is -2.16. The smallest absolute Gasteiger partial charge is 0.251 e. The van der Waals surface area contributed by atoms with Gasteiger partial charge in [-0.15, -0.1) is 0 Å². The molecule has 1 N–H and O–H groups in total. The number of amides is 2. The first-order valence-corrected chi connectivity index (χ1v) is 9.58. The maximum atomic E-state index is 12.5. The minimum atomic E-state index is -0.153. The van der Waals surface area contributed by atoms with Crippen molar-refractivity contribution in [3.63, 3.8) is 0 Å². The highest BCUT2D eigenvalue weighted by atomic mass is 16.5. The third kappa shape index (κ3) is 5.33. The summed E-state index contributed by atoms with van der Waals surface area (Å²) in [6, 6.07) is 15.0. The molecule has 0 aromatic heterocycles.